The maximum absolute atomic E-state index is 13.5. The number of carbonyl (C=O) groups is 2. The Morgan fingerprint density at radius 3 is 2.39 bits per heavy atom. The minimum absolute atomic E-state index is 0.155. The van der Waals surface area contributed by atoms with Crippen molar-refractivity contribution in [1.82, 2.24) is 15.1 Å². The van der Waals surface area contributed by atoms with Gasteiger partial charge in [0.2, 0.25) is 7.85 Å². The van der Waals surface area contributed by atoms with Crippen LogP contribution in [0.2, 0.25) is 0 Å². The summed E-state index contributed by atoms with van der Waals surface area (Å²) in [6.45, 7) is 5.76. The molecule has 2 atom stereocenters. The smallest absolute Gasteiger partial charge is 0.254 e. The molecule has 1 N–H and O–H groups in total. The van der Waals surface area contributed by atoms with E-state index in [9.17, 15) is 9.59 Å². The molecule has 6 heteroatoms. The first-order valence-electron chi connectivity index (χ1n) is 12.2. The van der Waals surface area contributed by atoms with Crippen molar-refractivity contribution in [2.45, 2.75) is 95.8 Å². The Morgan fingerprint density at radius 1 is 1.06 bits per heavy atom. The third-order valence-corrected chi connectivity index (χ3v) is 7.26. The molecular weight excluding hydrogens is 385 g/mol. The van der Waals surface area contributed by atoms with E-state index >= 15 is 0 Å². The van der Waals surface area contributed by atoms with Crippen LogP contribution in [0.1, 0.15) is 80.3 Å². The van der Waals surface area contributed by atoms with Crippen LogP contribution in [0, 0.1) is 0 Å². The molecule has 0 spiro atoms. The molecule has 0 aromatic heterocycles. The lowest BCUT2D eigenvalue weighted by atomic mass is 9.90. The lowest BCUT2D eigenvalue weighted by molar-refractivity contribution is 0.0551. The molecule has 2 aliphatic carbocycles. The summed E-state index contributed by atoms with van der Waals surface area (Å²) in [5.74, 6) is -0.139. The Labute approximate surface area is 188 Å². The zero-order chi connectivity index (χ0) is 22.0. The second-order valence-corrected chi connectivity index (χ2v) is 9.88. The van der Waals surface area contributed by atoms with E-state index < -0.39 is 0 Å². The van der Waals surface area contributed by atoms with Crippen LogP contribution in [-0.4, -0.2) is 66.6 Å². The summed E-state index contributed by atoms with van der Waals surface area (Å²) in [5.41, 5.74) is 3.60. The highest BCUT2D eigenvalue weighted by Crippen LogP contribution is 2.28. The number of amides is 2. The monoisotopic (exact) mass is 421 g/mol. The number of carbonyl (C=O) groups excluding carboxylic acids is 2. The van der Waals surface area contributed by atoms with Gasteiger partial charge in [-0.3, -0.25) is 9.59 Å². The molecule has 1 aliphatic heterocycles. The van der Waals surface area contributed by atoms with Crippen molar-refractivity contribution in [3.63, 3.8) is 0 Å². The maximum atomic E-state index is 13.5. The van der Waals surface area contributed by atoms with Gasteiger partial charge < -0.3 is 15.1 Å². The van der Waals surface area contributed by atoms with Crippen molar-refractivity contribution < 1.29 is 9.59 Å². The van der Waals surface area contributed by atoms with E-state index in [1.165, 1.54) is 24.0 Å². The maximum Gasteiger partial charge on any atom is 0.254 e. The average Bonchev–Trinajstić information content (AvgIpc) is 3.59. The molecule has 2 unspecified atom stereocenters. The quantitative estimate of drug-likeness (QED) is 0.684. The topological polar surface area (TPSA) is 52.7 Å². The molecule has 5 nitrogen and oxygen atoms in total. The fourth-order valence-electron chi connectivity index (χ4n) is 5.38. The number of nitrogens with one attached hydrogen (secondary N) is 1. The zero-order valence-corrected chi connectivity index (χ0v) is 19.1. The third-order valence-electron chi connectivity index (χ3n) is 7.26. The lowest BCUT2D eigenvalue weighted by Crippen LogP contribution is -2.54. The van der Waals surface area contributed by atoms with Crippen molar-refractivity contribution in [3.8, 4) is 0 Å². The Kier molecular flexibility index (Phi) is 7.05. The van der Waals surface area contributed by atoms with Gasteiger partial charge in [-0.15, -0.1) is 0 Å². The molecule has 1 aromatic rings. The summed E-state index contributed by atoms with van der Waals surface area (Å²) in [6.07, 6.45) is 9.80. The number of nitrogens with zero attached hydrogens (tertiary/aromatic N) is 2. The van der Waals surface area contributed by atoms with Crippen LogP contribution in [0.5, 0.6) is 0 Å². The largest absolute Gasteiger partial charge is 0.350 e. The highest BCUT2D eigenvalue weighted by Gasteiger charge is 2.33. The Hall–Kier alpha value is -1.82. The summed E-state index contributed by atoms with van der Waals surface area (Å²) >= 11 is 0. The number of fused-ring (bicyclic) bond motifs is 1. The Morgan fingerprint density at radius 2 is 1.77 bits per heavy atom. The van der Waals surface area contributed by atoms with Gasteiger partial charge in [0.05, 0.1) is 0 Å². The van der Waals surface area contributed by atoms with Gasteiger partial charge in [0.15, 0.2) is 5.81 Å². The van der Waals surface area contributed by atoms with Crippen molar-refractivity contribution >= 4 is 19.6 Å². The molecular formula is C25H36BN3O2. The van der Waals surface area contributed by atoms with Gasteiger partial charge in [-0.05, 0) is 94.9 Å². The molecule has 1 saturated carbocycles. The molecule has 2 radical (unpaired) electrons. The fraction of sp³-hybridized carbons (Fsp3) is 0.680. The predicted molar refractivity (Wildman–Crippen MR) is 125 cm³/mol. The van der Waals surface area contributed by atoms with Crippen molar-refractivity contribution in [2.24, 2.45) is 0 Å². The average molecular weight is 421 g/mol. The summed E-state index contributed by atoms with van der Waals surface area (Å²) in [5, 5.41) is 3.64. The van der Waals surface area contributed by atoms with E-state index in [1.54, 1.807) is 0 Å². The fourth-order valence-corrected chi connectivity index (χ4v) is 5.38. The Balaban J connectivity index is 1.35. The molecule has 3 aliphatic rings. The molecule has 31 heavy (non-hydrogen) atoms. The van der Waals surface area contributed by atoms with E-state index in [4.69, 9.17) is 7.85 Å². The predicted octanol–water partition coefficient (Wildman–Crippen LogP) is 3.68. The van der Waals surface area contributed by atoms with Gasteiger partial charge in [0.25, 0.3) is 5.91 Å². The van der Waals surface area contributed by atoms with Crippen molar-refractivity contribution in [1.29, 1.82) is 0 Å². The first kappa shape index (κ1) is 22.4. The third kappa shape index (κ3) is 5.34. The van der Waals surface area contributed by atoms with E-state index in [1.807, 2.05) is 11.0 Å². The highest BCUT2D eigenvalue weighted by atomic mass is 16.2. The van der Waals surface area contributed by atoms with E-state index in [0.29, 0.717) is 12.1 Å². The van der Waals surface area contributed by atoms with Crippen LogP contribution in [-0.2, 0) is 12.8 Å². The highest BCUT2D eigenvalue weighted by molar-refractivity contribution is 6.57. The van der Waals surface area contributed by atoms with E-state index in [2.05, 4.69) is 36.2 Å². The van der Waals surface area contributed by atoms with Crippen LogP contribution in [0.15, 0.2) is 18.2 Å². The van der Waals surface area contributed by atoms with E-state index in [-0.39, 0.29) is 23.8 Å². The van der Waals surface area contributed by atoms with Crippen molar-refractivity contribution in [2.75, 3.05) is 13.1 Å². The van der Waals surface area contributed by atoms with Crippen LogP contribution < -0.4 is 5.32 Å². The molecule has 2 fully saturated rings. The molecule has 166 valence electrons. The lowest BCUT2D eigenvalue weighted by Gasteiger charge is -2.40. The molecule has 1 heterocycles. The molecule has 1 aromatic carbocycles. The Bertz CT molecular complexity index is 800. The second-order valence-electron chi connectivity index (χ2n) is 9.88. The first-order valence-corrected chi connectivity index (χ1v) is 12.2. The number of benzene rings is 1. The van der Waals surface area contributed by atoms with Crippen molar-refractivity contribution in [3.05, 3.63) is 34.9 Å². The molecule has 2 amide bonds. The van der Waals surface area contributed by atoms with Crippen LogP contribution >= 0.6 is 0 Å². The second kappa shape index (κ2) is 9.77. The van der Waals surface area contributed by atoms with Gasteiger partial charge in [-0.1, -0.05) is 6.07 Å². The van der Waals surface area contributed by atoms with Crippen LogP contribution in [0.4, 0.5) is 4.79 Å². The summed E-state index contributed by atoms with van der Waals surface area (Å²) < 4.78 is 0. The SMILES string of the molecule is [B]C(=O)N(CCC1CCC(N(C(=O)c2ccc3c(c2)CCCC3)C(C)C)CN1)C1CC1. The summed E-state index contributed by atoms with van der Waals surface area (Å²) in [6, 6.07) is 7.44. The number of hydrogen-bond donors (Lipinski definition) is 1. The normalized spacial score (nSPS) is 23.3. The van der Waals surface area contributed by atoms with Gasteiger partial charge in [0, 0.05) is 42.8 Å². The van der Waals surface area contributed by atoms with Crippen LogP contribution in [0.25, 0.3) is 0 Å². The van der Waals surface area contributed by atoms with E-state index in [0.717, 1.165) is 63.6 Å². The number of aryl methyl sites for hydroxylation is 2. The summed E-state index contributed by atoms with van der Waals surface area (Å²) in [4.78, 5) is 29.0. The van der Waals surface area contributed by atoms with Gasteiger partial charge >= 0.3 is 0 Å². The minimum Gasteiger partial charge on any atom is -0.350 e. The molecule has 0 bridgehead atoms. The van der Waals surface area contributed by atoms with Gasteiger partial charge in [0.1, 0.15) is 0 Å². The van der Waals surface area contributed by atoms with Gasteiger partial charge in [-0.25, -0.2) is 0 Å². The number of piperidine rings is 1. The van der Waals surface area contributed by atoms with Gasteiger partial charge in [-0.2, -0.15) is 0 Å². The summed E-state index contributed by atoms with van der Waals surface area (Å²) in [7, 11) is 5.54. The van der Waals surface area contributed by atoms with Crippen LogP contribution in [0.3, 0.4) is 0 Å². The first-order chi connectivity index (χ1) is 14.9. The molecule has 4 rings (SSSR count). The standard InChI is InChI=1S/C25H36BN3O2/c1-17(2)29(24(30)20-8-7-18-5-3-4-6-19(18)15-20)23-10-9-21(27-16-23)13-14-28(25(26)31)22-11-12-22/h7-8,15,17,21-23,27H,3-6,9-14,16H2,1-2H3. The number of rotatable bonds is 7. The molecule has 1 saturated heterocycles. The minimum atomic E-state index is -0.294. The zero-order valence-electron chi connectivity index (χ0n) is 19.1. The number of hydrogen-bond acceptors (Lipinski definition) is 3.